The highest BCUT2D eigenvalue weighted by Gasteiger charge is 2.10. The monoisotopic (exact) mass is 211 g/mol. The fourth-order valence-electron chi connectivity index (χ4n) is 1.37. The number of hydrogen-bond donors (Lipinski definition) is 0. The van der Waals surface area contributed by atoms with Gasteiger partial charge < -0.3 is 0 Å². The van der Waals surface area contributed by atoms with Crippen molar-refractivity contribution in [3.05, 3.63) is 21.9 Å². The number of thiophene rings is 1. The lowest BCUT2D eigenvalue weighted by molar-refractivity contribution is 0.0950. The Morgan fingerprint density at radius 2 is 2.21 bits per heavy atom. The highest BCUT2D eigenvalue weighted by atomic mass is 32.1. The number of ketones is 1. The molecule has 1 rings (SSSR count). The van der Waals surface area contributed by atoms with Crippen LogP contribution in [-0.4, -0.2) is 30.8 Å². The summed E-state index contributed by atoms with van der Waals surface area (Å²) in [5, 5.41) is 0. The van der Waals surface area contributed by atoms with Crippen molar-refractivity contribution >= 4 is 17.1 Å². The highest BCUT2D eigenvalue weighted by molar-refractivity contribution is 7.14. The molecule has 3 heteroatoms. The van der Waals surface area contributed by atoms with Gasteiger partial charge in [-0.2, -0.15) is 0 Å². The van der Waals surface area contributed by atoms with Gasteiger partial charge in [0.05, 0.1) is 11.4 Å². The van der Waals surface area contributed by atoms with Crippen LogP contribution in [0.4, 0.5) is 0 Å². The molecule has 0 aliphatic rings. The van der Waals surface area contributed by atoms with Gasteiger partial charge in [-0.15, -0.1) is 11.3 Å². The van der Waals surface area contributed by atoms with E-state index in [4.69, 9.17) is 0 Å². The second kappa shape index (κ2) is 5.27. The number of carbonyl (C=O) groups excluding carboxylic acids is 1. The molecule has 0 saturated carbocycles. The number of rotatable bonds is 5. The van der Waals surface area contributed by atoms with E-state index in [0.29, 0.717) is 6.54 Å². The van der Waals surface area contributed by atoms with E-state index < -0.39 is 0 Å². The van der Waals surface area contributed by atoms with Crippen LogP contribution in [0.3, 0.4) is 0 Å². The third-order valence-corrected chi connectivity index (χ3v) is 3.08. The maximum absolute atomic E-state index is 11.7. The molecule has 0 atom stereocenters. The number of likely N-dealkylation sites (N-methyl/N-ethyl adjacent to an activating group) is 1. The van der Waals surface area contributed by atoms with Crippen molar-refractivity contribution in [1.82, 2.24) is 4.90 Å². The minimum Gasteiger partial charge on any atom is -0.299 e. The first-order valence-electron chi connectivity index (χ1n) is 4.91. The van der Waals surface area contributed by atoms with E-state index >= 15 is 0 Å². The van der Waals surface area contributed by atoms with Crippen molar-refractivity contribution in [3.63, 3.8) is 0 Å². The summed E-state index contributed by atoms with van der Waals surface area (Å²) in [6, 6.07) is 3.92. The molecule has 78 valence electrons. The smallest absolute Gasteiger partial charge is 0.186 e. The average Bonchev–Trinajstić information content (AvgIpc) is 2.52. The maximum Gasteiger partial charge on any atom is 0.186 e. The predicted octanol–water partition coefficient (Wildman–Crippen LogP) is 2.58. The molecular weight excluding hydrogens is 194 g/mol. The van der Waals surface area contributed by atoms with Crippen LogP contribution < -0.4 is 0 Å². The molecule has 0 aliphatic heterocycles. The van der Waals surface area contributed by atoms with Crippen LogP contribution in [0.1, 0.15) is 27.9 Å². The van der Waals surface area contributed by atoms with Gasteiger partial charge in [0, 0.05) is 4.88 Å². The molecule has 2 nitrogen and oxygen atoms in total. The molecule has 0 spiro atoms. The van der Waals surface area contributed by atoms with Gasteiger partial charge in [-0.1, -0.05) is 6.92 Å². The standard InChI is InChI=1S/C11H17NOS/c1-4-7-12(3)8-10(13)11-6-5-9(2)14-11/h5-6H,4,7-8H2,1-3H3. The maximum atomic E-state index is 11.7. The average molecular weight is 211 g/mol. The second-order valence-electron chi connectivity index (χ2n) is 3.57. The molecule has 1 aromatic rings. The zero-order valence-electron chi connectivity index (χ0n) is 9.04. The van der Waals surface area contributed by atoms with Crippen molar-refractivity contribution in [3.8, 4) is 0 Å². The number of hydrogen-bond acceptors (Lipinski definition) is 3. The van der Waals surface area contributed by atoms with Crippen LogP contribution >= 0.6 is 11.3 Å². The molecule has 0 unspecified atom stereocenters. The van der Waals surface area contributed by atoms with Crippen LogP contribution in [-0.2, 0) is 0 Å². The topological polar surface area (TPSA) is 20.3 Å². The molecule has 0 amide bonds. The first-order chi connectivity index (χ1) is 6.63. The van der Waals surface area contributed by atoms with E-state index in [2.05, 4.69) is 11.8 Å². The molecule has 1 aromatic heterocycles. The lowest BCUT2D eigenvalue weighted by Crippen LogP contribution is -2.26. The summed E-state index contributed by atoms with van der Waals surface area (Å²) in [4.78, 5) is 15.9. The van der Waals surface area contributed by atoms with Gasteiger partial charge >= 0.3 is 0 Å². The molecule has 14 heavy (non-hydrogen) atoms. The van der Waals surface area contributed by atoms with Crippen LogP contribution in [0, 0.1) is 6.92 Å². The van der Waals surface area contributed by atoms with E-state index in [9.17, 15) is 4.79 Å². The van der Waals surface area contributed by atoms with E-state index in [0.717, 1.165) is 17.8 Å². The summed E-state index contributed by atoms with van der Waals surface area (Å²) in [6.45, 7) is 5.66. The summed E-state index contributed by atoms with van der Waals surface area (Å²) >= 11 is 1.58. The van der Waals surface area contributed by atoms with Crippen LogP contribution in [0.25, 0.3) is 0 Å². The van der Waals surface area contributed by atoms with Gasteiger partial charge in [-0.3, -0.25) is 9.69 Å². The Kier molecular flexibility index (Phi) is 4.29. The fourth-order valence-corrected chi connectivity index (χ4v) is 2.17. The van der Waals surface area contributed by atoms with Crippen molar-refractivity contribution in [2.24, 2.45) is 0 Å². The van der Waals surface area contributed by atoms with Crippen LogP contribution in [0.2, 0.25) is 0 Å². The van der Waals surface area contributed by atoms with Gasteiger partial charge in [0.2, 0.25) is 0 Å². The van der Waals surface area contributed by atoms with Gasteiger partial charge in [0.25, 0.3) is 0 Å². The Bertz CT molecular complexity index is 306. The van der Waals surface area contributed by atoms with Gasteiger partial charge in [0.15, 0.2) is 5.78 Å². The van der Waals surface area contributed by atoms with Gasteiger partial charge in [-0.25, -0.2) is 0 Å². The number of aryl methyl sites for hydroxylation is 1. The van der Waals surface area contributed by atoms with Gasteiger partial charge in [-0.05, 0) is 39.1 Å². The largest absolute Gasteiger partial charge is 0.299 e. The number of carbonyl (C=O) groups is 1. The zero-order valence-corrected chi connectivity index (χ0v) is 9.86. The molecule has 0 saturated heterocycles. The summed E-state index contributed by atoms with van der Waals surface area (Å²) in [5.41, 5.74) is 0. The number of Topliss-reactive ketones (excluding diaryl/α,β-unsaturated/α-hetero) is 1. The first-order valence-corrected chi connectivity index (χ1v) is 5.73. The Balaban J connectivity index is 2.50. The molecule has 1 heterocycles. The fraction of sp³-hybridized carbons (Fsp3) is 0.545. The van der Waals surface area contributed by atoms with E-state index in [1.807, 2.05) is 26.1 Å². The Morgan fingerprint density at radius 1 is 1.50 bits per heavy atom. The van der Waals surface area contributed by atoms with Crippen molar-refractivity contribution in [2.75, 3.05) is 20.1 Å². The van der Waals surface area contributed by atoms with E-state index in [1.165, 1.54) is 4.88 Å². The minimum atomic E-state index is 0.235. The quantitative estimate of drug-likeness (QED) is 0.698. The molecule has 0 bridgehead atoms. The number of nitrogens with zero attached hydrogens (tertiary/aromatic N) is 1. The molecule has 0 aliphatic carbocycles. The van der Waals surface area contributed by atoms with Gasteiger partial charge in [0.1, 0.15) is 0 Å². The Morgan fingerprint density at radius 3 is 2.71 bits per heavy atom. The van der Waals surface area contributed by atoms with Crippen LogP contribution in [0.15, 0.2) is 12.1 Å². The Hall–Kier alpha value is -0.670. The summed E-state index contributed by atoms with van der Waals surface area (Å²) in [7, 11) is 1.99. The second-order valence-corrected chi connectivity index (χ2v) is 4.86. The lowest BCUT2D eigenvalue weighted by atomic mass is 10.3. The third-order valence-electron chi connectivity index (χ3n) is 2.03. The third kappa shape index (κ3) is 3.24. The molecule has 0 radical (unpaired) electrons. The van der Waals surface area contributed by atoms with Crippen LogP contribution in [0.5, 0.6) is 0 Å². The Labute approximate surface area is 89.5 Å². The molecule has 0 N–H and O–H groups in total. The SMILES string of the molecule is CCCN(C)CC(=O)c1ccc(C)s1. The predicted molar refractivity (Wildman–Crippen MR) is 61.2 cm³/mol. The first kappa shape index (κ1) is 11.4. The molecular formula is C11H17NOS. The lowest BCUT2D eigenvalue weighted by Gasteiger charge is -2.13. The summed E-state index contributed by atoms with van der Waals surface area (Å²) < 4.78 is 0. The molecule has 0 aromatic carbocycles. The van der Waals surface area contributed by atoms with E-state index in [-0.39, 0.29) is 5.78 Å². The summed E-state index contributed by atoms with van der Waals surface area (Å²) in [6.07, 6.45) is 1.09. The molecule has 0 fully saturated rings. The zero-order chi connectivity index (χ0) is 10.6. The van der Waals surface area contributed by atoms with Crippen molar-refractivity contribution < 1.29 is 4.79 Å². The van der Waals surface area contributed by atoms with E-state index in [1.54, 1.807) is 11.3 Å². The van der Waals surface area contributed by atoms with Crippen molar-refractivity contribution in [2.45, 2.75) is 20.3 Å². The summed E-state index contributed by atoms with van der Waals surface area (Å²) in [5.74, 6) is 0.235. The minimum absolute atomic E-state index is 0.235. The normalized spacial score (nSPS) is 10.9. The van der Waals surface area contributed by atoms with Crippen molar-refractivity contribution in [1.29, 1.82) is 0 Å². The highest BCUT2D eigenvalue weighted by Crippen LogP contribution is 2.15.